The second-order valence-corrected chi connectivity index (χ2v) is 11.5. The molecule has 0 aromatic heterocycles. The first kappa shape index (κ1) is 16.0. The zero-order chi connectivity index (χ0) is 14.5. The van der Waals surface area contributed by atoms with E-state index in [0.717, 1.165) is 6.04 Å². The molecule has 106 valence electrons. The van der Waals surface area contributed by atoms with Crippen LogP contribution in [0.2, 0.25) is 30.7 Å². The van der Waals surface area contributed by atoms with Gasteiger partial charge in [0.15, 0.2) is 6.79 Å². The van der Waals surface area contributed by atoms with Crippen LogP contribution in [0.25, 0.3) is 0 Å². The molecule has 0 saturated carbocycles. The molecule has 0 aliphatic heterocycles. The number of aromatic carboxylic acids is 1. The zero-order valence-electron chi connectivity index (χ0n) is 11.4. The van der Waals surface area contributed by atoms with Crippen LogP contribution >= 0.6 is 11.6 Å². The maximum Gasteiger partial charge on any atom is 0.335 e. The predicted octanol–water partition coefficient (Wildman–Crippen LogP) is 3.73. The van der Waals surface area contributed by atoms with E-state index in [2.05, 4.69) is 19.6 Å². The largest absolute Gasteiger partial charge is 0.478 e. The van der Waals surface area contributed by atoms with Gasteiger partial charge in [-0.25, -0.2) is 4.79 Å². The zero-order valence-corrected chi connectivity index (χ0v) is 13.2. The van der Waals surface area contributed by atoms with Crippen molar-refractivity contribution in [1.82, 2.24) is 0 Å². The van der Waals surface area contributed by atoms with E-state index in [-0.39, 0.29) is 17.4 Å². The van der Waals surface area contributed by atoms with Crippen LogP contribution in [0.1, 0.15) is 10.4 Å². The molecule has 0 saturated heterocycles. The maximum atomic E-state index is 10.7. The van der Waals surface area contributed by atoms with Crippen LogP contribution in [0.3, 0.4) is 0 Å². The summed E-state index contributed by atoms with van der Waals surface area (Å²) in [7, 11) is -1.09. The lowest BCUT2D eigenvalue weighted by Crippen LogP contribution is -2.22. The molecule has 4 nitrogen and oxygen atoms in total. The maximum absolute atomic E-state index is 10.7. The standard InChI is InChI=1S/C13H19ClO4Si/c1-19(2,3)7-6-17-9-18-12-5-4-10(13(15)16)8-11(12)14/h4-5,8H,6-7,9H2,1-3H3,(H,15,16). The Morgan fingerprint density at radius 1 is 1.37 bits per heavy atom. The third-order valence-corrected chi connectivity index (χ3v) is 4.47. The van der Waals surface area contributed by atoms with Crippen LogP contribution in [0.5, 0.6) is 5.75 Å². The summed E-state index contributed by atoms with van der Waals surface area (Å²) >= 11 is 5.92. The fourth-order valence-corrected chi connectivity index (χ4v) is 2.29. The Morgan fingerprint density at radius 3 is 2.58 bits per heavy atom. The summed E-state index contributed by atoms with van der Waals surface area (Å²) in [4.78, 5) is 10.7. The van der Waals surface area contributed by atoms with E-state index < -0.39 is 14.0 Å². The van der Waals surface area contributed by atoms with Gasteiger partial charge in [-0.1, -0.05) is 31.2 Å². The second-order valence-electron chi connectivity index (χ2n) is 5.43. The van der Waals surface area contributed by atoms with Crippen molar-refractivity contribution in [1.29, 1.82) is 0 Å². The molecule has 0 heterocycles. The van der Waals surface area contributed by atoms with Crippen molar-refractivity contribution in [3.8, 4) is 5.75 Å². The Morgan fingerprint density at radius 2 is 2.05 bits per heavy atom. The number of halogens is 1. The number of carbonyl (C=O) groups is 1. The van der Waals surface area contributed by atoms with Gasteiger partial charge in [-0.2, -0.15) is 0 Å². The Kier molecular flexibility index (Phi) is 5.84. The van der Waals surface area contributed by atoms with Crippen molar-refractivity contribution < 1.29 is 19.4 Å². The summed E-state index contributed by atoms with van der Waals surface area (Å²) in [5.74, 6) is -0.584. The first-order chi connectivity index (χ1) is 8.79. The highest BCUT2D eigenvalue weighted by Gasteiger charge is 2.12. The lowest BCUT2D eigenvalue weighted by atomic mass is 10.2. The van der Waals surface area contributed by atoms with Gasteiger partial charge < -0.3 is 14.6 Å². The van der Waals surface area contributed by atoms with Crippen molar-refractivity contribution in [2.45, 2.75) is 25.7 Å². The summed E-state index contributed by atoms with van der Waals surface area (Å²) < 4.78 is 10.7. The smallest absolute Gasteiger partial charge is 0.335 e. The van der Waals surface area contributed by atoms with E-state index in [1.54, 1.807) is 0 Å². The molecule has 1 aromatic rings. The molecule has 0 amide bonds. The number of carboxylic acid groups (broad SMARTS) is 1. The highest BCUT2D eigenvalue weighted by atomic mass is 35.5. The van der Waals surface area contributed by atoms with E-state index in [1.165, 1.54) is 18.2 Å². The summed E-state index contributed by atoms with van der Waals surface area (Å²) in [6.45, 7) is 7.62. The number of hydrogen-bond acceptors (Lipinski definition) is 3. The van der Waals surface area contributed by atoms with E-state index in [0.29, 0.717) is 12.4 Å². The molecule has 0 bridgehead atoms. The van der Waals surface area contributed by atoms with E-state index in [4.69, 9.17) is 26.2 Å². The number of benzene rings is 1. The molecule has 19 heavy (non-hydrogen) atoms. The minimum atomic E-state index is -1.09. The summed E-state index contributed by atoms with van der Waals surface area (Å²) in [5, 5.41) is 9.07. The molecule has 0 unspecified atom stereocenters. The van der Waals surface area contributed by atoms with Crippen LogP contribution in [-0.4, -0.2) is 32.5 Å². The number of rotatable bonds is 7. The molecule has 1 rings (SSSR count). The molecule has 6 heteroatoms. The van der Waals surface area contributed by atoms with Gasteiger partial charge in [0.25, 0.3) is 0 Å². The van der Waals surface area contributed by atoms with Gasteiger partial charge in [-0.15, -0.1) is 0 Å². The summed E-state index contributed by atoms with van der Waals surface area (Å²) in [5.41, 5.74) is 0.136. The van der Waals surface area contributed by atoms with Gasteiger partial charge in [-0.05, 0) is 24.2 Å². The summed E-state index contributed by atoms with van der Waals surface area (Å²) in [6, 6.07) is 5.42. The topological polar surface area (TPSA) is 55.8 Å². The van der Waals surface area contributed by atoms with Crippen LogP contribution < -0.4 is 4.74 Å². The SMILES string of the molecule is C[Si](C)(C)CCOCOc1ccc(C(=O)O)cc1Cl. The molecule has 0 aliphatic rings. The lowest BCUT2D eigenvalue weighted by Gasteiger charge is -2.15. The minimum Gasteiger partial charge on any atom is -0.478 e. The van der Waals surface area contributed by atoms with Crippen molar-refractivity contribution in [3.63, 3.8) is 0 Å². The van der Waals surface area contributed by atoms with Gasteiger partial charge in [0.2, 0.25) is 0 Å². The Balaban J connectivity index is 2.40. The van der Waals surface area contributed by atoms with E-state index in [1.807, 2.05) is 0 Å². The van der Waals surface area contributed by atoms with Crippen LogP contribution in [0.4, 0.5) is 0 Å². The van der Waals surface area contributed by atoms with Crippen molar-refractivity contribution in [2.24, 2.45) is 0 Å². The van der Waals surface area contributed by atoms with E-state index in [9.17, 15) is 4.79 Å². The van der Waals surface area contributed by atoms with Gasteiger partial charge >= 0.3 is 5.97 Å². The van der Waals surface area contributed by atoms with Crippen molar-refractivity contribution in [2.75, 3.05) is 13.4 Å². The second kappa shape index (κ2) is 6.93. The van der Waals surface area contributed by atoms with Gasteiger partial charge in [0.1, 0.15) is 5.75 Å². The molecule has 0 radical (unpaired) electrons. The third-order valence-electron chi connectivity index (χ3n) is 2.47. The Bertz CT molecular complexity index is 443. The fourth-order valence-electron chi connectivity index (χ4n) is 1.29. The highest BCUT2D eigenvalue weighted by molar-refractivity contribution is 6.76. The Labute approximate surface area is 119 Å². The molecule has 0 atom stereocenters. The number of ether oxygens (including phenoxy) is 2. The molecule has 1 aromatic carbocycles. The average Bonchev–Trinajstić information content (AvgIpc) is 2.28. The monoisotopic (exact) mass is 302 g/mol. The first-order valence-corrected chi connectivity index (χ1v) is 10.1. The van der Waals surface area contributed by atoms with Gasteiger partial charge in [-0.3, -0.25) is 0 Å². The minimum absolute atomic E-state index is 0.122. The molecular weight excluding hydrogens is 284 g/mol. The molecular formula is C13H19ClO4Si. The van der Waals surface area contributed by atoms with Gasteiger partial charge in [0.05, 0.1) is 10.6 Å². The molecule has 0 spiro atoms. The lowest BCUT2D eigenvalue weighted by molar-refractivity contribution is 0.0221. The Hall–Kier alpha value is -1.04. The highest BCUT2D eigenvalue weighted by Crippen LogP contribution is 2.25. The van der Waals surface area contributed by atoms with Gasteiger partial charge in [0, 0.05) is 14.7 Å². The number of hydrogen-bond donors (Lipinski definition) is 1. The first-order valence-electron chi connectivity index (χ1n) is 6.03. The summed E-state index contributed by atoms with van der Waals surface area (Å²) in [6.07, 6.45) is 0. The normalized spacial score (nSPS) is 11.4. The van der Waals surface area contributed by atoms with Crippen LogP contribution in [-0.2, 0) is 4.74 Å². The van der Waals surface area contributed by atoms with E-state index >= 15 is 0 Å². The van der Waals surface area contributed by atoms with Crippen LogP contribution in [0, 0.1) is 0 Å². The number of carboxylic acids is 1. The molecule has 1 N–H and O–H groups in total. The van der Waals surface area contributed by atoms with Crippen LogP contribution in [0.15, 0.2) is 18.2 Å². The predicted molar refractivity (Wildman–Crippen MR) is 78.0 cm³/mol. The quantitative estimate of drug-likeness (QED) is 0.474. The fraction of sp³-hybridized carbons (Fsp3) is 0.462. The third kappa shape index (κ3) is 6.09. The molecule has 0 fully saturated rings. The van der Waals surface area contributed by atoms with Crippen molar-refractivity contribution in [3.05, 3.63) is 28.8 Å². The average molecular weight is 303 g/mol. The van der Waals surface area contributed by atoms with Crippen molar-refractivity contribution >= 4 is 25.6 Å². The molecule has 0 aliphatic carbocycles.